The van der Waals surface area contributed by atoms with Crippen LogP contribution in [0.2, 0.25) is 0 Å². The number of Topliss-reactive ketones (excluding diaryl/α,β-unsaturated/α-hetero) is 2. The van der Waals surface area contributed by atoms with Crippen LogP contribution in [-0.2, 0) is 30.0 Å². The summed E-state index contributed by atoms with van der Waals surface area (Å²) in [5, 5.41) is 3.62. The summed E-state index contributed by atoms with van der Waals surface area (Å²) in [4.78, 5) is 39.5. The molecule has 1 saturated carbocycles. The Morgan fingerprint density at radius 3 is 2.31 bits per heavy atom. The van der Waals surface area contributed by atoms with Crippen molar-refractivity contribution >= 4 is 34.6 Å². The molecule has 0 bridgehead atoms. The van der Waals surface area contributed by atoms with Gasteiger partial charge in [-0.3, -0.25) is 14.4 Å². The number of esters is 1. The highest BCUT2D eigenvalue weighted by molar-refractivity contribution is 6.12. The lowest BCUT2D eigenvalue weighted by atomic mass is 9.81. The van der Waals surface area contributed by atoms with Crippen LogP contribution in [0.15, 0.2) is 95.4 Å². The molecule has 1 fully saturated rings. The molecule has 2 aromatic rings. The number of allylic oxidation sites excluding steroid dienone is 7. The van der Waals surface area contributed by atoms with Gasteiger partial charge in [0.25, 0.3) is 0 Å². The molecule has 0 unspecified atom stereocenters. The smallest absolute Gasteiger partial charge is 0.308 e. The van der Waals surface area contributed by atoms with Crippen molar-refractivity contribution < 1.29 is 23.7 Å². The lowest BCUT2D eigenvalue weighted by molar-refractivity contribution is -0.437. The van der Waals surface area contributed by atoms with Gasteiger partial charge >= 0.3 is 5.97 Å². The van der Waals surface area contributed by atoms with Crippen molar-refractivity contribution in [1.82, 2.24) is 5.32 Å². The lowest BCUT2D eigenvalue weighted by Gasteiger charge is -2.27. The largest absolute Gasteiger partial charge is 0.446 e. The van der Waals surface area contributed by atoms with E-state index in [1.165, 1.54) is 45.1 Å². The number of ether oxygens (including phenoxy) is 1. The van der Waals surface area contributed by atoms with E-state index in [0.717, 1.165) is 50.9 Å². The maximum atomic E-state index is 12.8. The second kappa shape index (κ2) is 15.0. The Hall–Kier alpha value is -4.52. The third-order valence-corrected chi connectivity index (χ3v) is 11.0. The van der Waals surface area contributed by atoms with Gasteiger partial charge in [-0.2, -0.15) is 4.58 Å². The summed E-state index contributed by atoms with van der Waals surface area (Å²) < 4.78 is 7.80. The van der Waals surface area contributed by atoms with Crippen LogP contribution in [0, 0.1) is 0 Å². The number of carbonyl (C=O) groups is 3. The summed E-state index contributed by atoms with van der Waals surface area (Å²) in [6.07, 6.45) is 13.2. The molecule has 0 radical (unpaired) electrons. The number of nitrogens with zero attached hydrogens (tertiary/aromatic N) is 2. The molecule has 1 N–H and O–H groups in total. The van der Waals surface area contributed by atoms with Gasteiger partial charge in [0, 0.05) is 72.6 Å². The first-order chi connectivity index (χ1) is 24.5. The first-order valence-electron chi connectivity index (χ1n) is 18.9. The fraction of sp³-hybridized carbons (Fsp3) is 0.455. The molecule has 4 aliphatic rings. The average molecular weight is 689 g/mol. The summed E-state index contributed by atoms with van der Waals surface area (Å²) in [6, 6.07) is 17.4. The maximum absolute atomic E-state index is 12.8. The van der Waals surface area contributed by atoms with Crippen LogP contribution in [-0.4, -0.2) is 53.6 Å². The number of rotatable bonds is 12. The Balaban J connectivity index is 1.35. The summed E-state index contributed by atoms with van der Waals surface area (Å²) in [5.74, 6) is -1.14. The van der Waals surface area contributed by atoms with E-state index < -0.39 is 12.1 Å². The third kappa shape index (κ3) is 7.04. The van der Waals surface area contributed by atoms with Crippen LogP contribution in [0.1, 0.15) is 104 Å². The van der Waals surface area contributed by atoms with E-state index in [1.807, 2.05) is 0 Å². The van der Waals surface area contributed by atoms with E-state index in [-0.39, 0.29) is 41.7 Å². The van der Waals surface area contributed by atoms with Crippen molar-refractivity contribution in [3.05, 3.63) is 107 Å². The van der Waals surface area contributed by atoms with Crippen molar-refractivity contribution in [2.24, 2.45) is 0 Å². The van der Waals surface area contributed by atoms with Gasteiger partial charge in [0.1, 0.15) is 6.54 Å². The minimum Gasteiger partial charge on any atom is -0.446 e. The van der Waals surface area contributed by atoms with Crippen molar-refractivity contribution in [2.75, 3.05) is 24.5 Å². The van der Waals surface area contributed by atoms with Crippen molar-refractivity contribution in [2.45, 2.75) is 110 Å². The van der Waals surface area contributed by atoms with Crippen LogP contribution >= 0.6 is 0 Å². The van der Waals surface area contributed by atoms with E-state index in [1.54, 1.807) is 0 Å². The summed E-state index contributed by atoms with van der Waals surface area (Å²) in [5.41, 5.74) is 11.0. The van der Waals surface area contributed by atoms with Crippen LogP contribution < -0.4 is 10.2 Å². The van der Waals surface area contributed by atoms with Crippen LogP contribution in [0.3, 0.4) is 0 Å². The molecule has 2 aliphatic carbocycles. The topological polar surface area (TPSA) is 78.7 Å². The molecule has 6 rings (SSSR count). The molecule has 51 heavy (non-hydrogen) atoms. The second-order valence-electron chi connectivity index (χ2n) is 15.3. The van der Waals surface area contributed by atoms with E-state index in [0.29, 0.717) is 6.54 Å². The number of hydrogen-bond acceptors (Lipinski definition) is 6. The first-order valence-corrected chi connectivity index (χ1v) is 18.9. The Morgan fingerprint density at radius 1 is 0.882 bits per heavy atom. The molecule has 2 aliphatic heterocycles. The first kappa shape index (κ1) is 36.3. The molecule has 0 spiro atoms. The van der Waals surface area contributed by atoms with Gasteiger partial charge in [-0.25, -0.2) is 0 Å². The van der Waals surface area contributed by atoms with Gasteiger partial charge in [-0.15, -0.1) is 0 Å². The minimum absolute atomic E-state index is 0.0581. The zero-order chi connectivity index (χ0) is 36.3. The average Bonchev–Trinajstić information content (AvgIpc) is 3.62. The van der Waals surface area contributed by atoms with Gasteiger partial charge in [0.15, 0.2) is 17.3 Å². The summed E-state index contributed by atoms with van der Waals surface area (Å²) >= 11 is 0. The number of para-hydroxylation sites is 2. The predicted molar refractivity (Wildman–Crippen MR) is 205 cm³/mol. The van der Waals surface area contributed by atoms with E-state index in [9.17, 15) is 14.4 Å². The molecule has 0 saturated heterocycles. The SMILES string of the molecule is CCCN1/C(=C\C=C2/CCCC(/C=C/C3=[N+](CCC)c4ccccc4C3(C)C)=C2NCCC(=O)OC2C(=O)CCC2=O)C(C)(C)c2ccccc21. The zero-order valence-electron chi connectivity index (χ0n) is 31.3. The summed E-state index contributed by atoms with van der Waals surface area (Å²) in [7, 11) is 0. The molecule has 2 heterocycles. The number of nitrogens with one attached hydrogen (secondary N) is 1. The molecule has 0 aromatic heterocycles. The molecular weight excluding hydrogens is 635 g/mol. The molecule has 268 valence electrons. The number of hydrogen-bond donors (Lipinski definition) is 1. The second-order valence-corrected chi connectivity index (χ2v) is 15.3. The molecular formula is C44H54N3O4+. The number of ketones is 2. The van der Waals surface area contributed by atoms with Crippen LogP contribution in [0.5, 0.6) is 0 Å². The van der Waals surface area contributed by atoms with Gasteiger partial charge in [0.2, 0.25) is 11.8 Å². The highest BCUT2D eigenvalue weighted by Crippen LogP contribution is 2.48. The van der Waals surface area contributed by atoms with Crippen molar-refractivity contribution in [3.8, 4) is 0 Å². The molecule has 7 heteroatoms. The van der Waals surface area contributed by atoms with Crippen LogP contribution in [0.4, 0.5) is 11.4 Å². The number of benzene rings is 2. The van der Waals surface area contributed by atoms with E-state index in [4.69, 9.17) is 4.74 Å². The fourth-order valence-electron chi connectivity index (χ4n) is 8.36. The third-order valence-electron chi connectivity index (χ3n) is 11.0. The quantitative estimate of drug-likeness (QED) is 0.137. The zero-order valence-corrected chi connectivity index (χ0v) is 31.3. The van der Waals surface area contributed by atoms with Gasteiger partial charge < -0.3 is 15.0 Å². The van der Waals surface area contributed by atoms with Crippen molar-refractivity contribution in [1.29, 1.82) is 0 Å². The lowest BCUT2D eigenvalue weighted by Crippen LogP contribution is -2.30. The monoisotopic (exact) mass is 688 g/mol. The normalized spacial score (nSPS) is 21.4. The highest BCUT2D eigenvalue weighted by Gasteiger charge is 2.44. The van der Waals surface area contributed by atoms with E-state index >= 15 is 0 Å². The Kier molecular flexibility index (Phi) is 10.7. The van der Waals surface area contributed by atoms with Crippen molar-refractivity contribution in [3.63, 3.8) is 0 Å². The molecule has 7 nitrogen and oxygen atoms in total. The standard InChI is InChI=1S/C44H53N3O4/c1-7-28-46-34-18-11-9-16-32(34)43(3,4)38(46)24-20-30-14-13-15-31(41(30)45-27-26-40(50)51-42-36(48)22-23-37(42)49)21-25-39-44(5,6)33-17-10-12-19-35(33)47(39)29-8-2/h9-12,16-21,24-25,42H,7-8,13-15,22-23,26-29H2,1-6H3/p+1/b30-20+,38-24-. The van der Waals surface area contributed by atoms with E-state index in [2.05, 4.69) is 129 Å². The highest BCUT2D eigenvalue weighted by atomic mass is 16.6. The molecule has 0 amide bonds. The van der Waals surface area contributed by atoms with Crippen LogP contribution in [0.25, 0.3) is 0 Å². The Bertz CT molecular complexity index is 1860. The number of anilines is 1. The Labute approximate surface area is 303 Å². The maximum Gasteiger partial charge on any atom is 0.308 e. The molecule has 0 atom stereocenters. The molecule has 2 aromatic carbocycles. The predicted octanol–water partition coefficient (Wildman–Crippen LogP) is 8.31. The number of fused-ring (bicyclic) bond motifs is 2. The Morgan fingerprint density at radius 2 is 1.59 bits per heavy atom. The van der Waals surface area contributed by atoms with Gasteiger partial charge in [-0.1, -0.05) is 76.2 Å². The minimum atomic E-state index is -1.24. The fourth-order valence-corrected chi connectivity index (χ4v) is 8.36. The van der Waals surface area contributed by atoms with Gasteiger partial charge in [-0.05, 0) is 68.4 Å². The number of carbonyl (C=O) groups excluding carboxylic acids is 3. The van der Waals surface area contributed by atoms with Gasteiger partial charge in [0.05, 0.1) is 11.8 Å². The summed E-state index contributed by atoms with van der Waals surface area (Å²) in [6.45, 7) is 15.9.